The SMILES string of the molecule is C#Cc1ccc2cc(C=CC3=[N+](CCCCS(=O)(=O)O)c4ccccc4C3(C)C)c(=O)oc2c1. The molecular formula is C27H26NO5S+. The monoisotopic (exact) mass is 476 g/mol. The van der Waals surface area contributed by atoms with Crippen LogP contribution >= 0.6 is 0 Å². The lowest BCUT2D eigenvalue weighted by molar-refractivity contribution is -0.438. The zero-order chi connectivity index (χ0) is 24.5. The fourth-order valence-electron chi connectivity index (χ4n) is 4.44. The Labute approximate surface area is 199 Å². The number of rotatable bonds is 7. The van der Waals surface area contributed by atoms with Gasteiger partial charge in [0, 0.05) is 35.1 Å². The summed E-state index contributed by atoms with van der Waals surface area (Å²) in [5.74, 6) is 2.27. The molecule has 0 unspecified atom stereocenters. The molecule has 0 saturated carbocycles. The van der Waals surface area contributed by atoms with Crippen LogP contribution < -0.4 is 5.63 Å². The molecule has 2 aromatic carbocycles. The highest BCUT2D eigenvalue weighted by Crippen LogP contribution is 2.40. The first kappa shape index (κ1) is 23.7. The van der Waals surface area contributed by atoms with E-state index in [-0.39, 0.29) is 11.2 Å². The van der Waals surface area contributed by atoms with Crippen LogP contribution in [-0.2, 0) is 15.5 Å². The first-order valence-corrected chi connectivity index (χ1v) is 12.6. The van der Waals surface area contributed by atoms with Gasteiger partial charge in [-0.2, -0.15) is 13.0 Å². The summed E-state index contributed by atoms with van der Waals surface area (Å²) in [5, 5.41) is 0.777. The number of para-hydroxylation sites is 1. The van der Waals surface area contributed by atoms with Gasteiger partial charge in [-0.25, -0.2) is 4.79 Å². The smallest absolute Gasteiger partial charge is 0.343 e. The lowest BCUT2D eigenvalue weighted by Crippen LogP contribution is -2.28. The molecule has 0 fully saturated rings. The first-order valence-electron chi connectivity index (χ1n) is 11.0. The van der Waals surface area contributed by atoms with Crippen molar-refractivity contribution < 1.29 is 22.0 Å². The molecule has 0 amide bonds. The van der Waals surface area contributed by atoms with Gasteiger partial charge in [0.05, 0.1) is 16.7 Å². The number of unbranched alkanes of at least 4 members (excludes halogenated alkanes) is 1. The normalized spacial score (nSPS) is 15.1. The minimum absolute atomic E-state index is 0.267. The van der Waals surface area contributed by atoms with Crippen molar-refractivity contribution in [3.05, 3.63) is 81.7 Å². The molecule has 6 nitrogen and oxygen atoms in total. The standard InChI is InChI=1S/C27H25NO5S/c1-4-19-11-12-20-18-21(26(29)33-24(20)17-19)13-14-25-27(2,3)22-9-5-6-10-23(22)28(25)15-7-8-16-34(30,31)32/h1,5-6,9-14,17-18H,7-8,15-16H2,2-3H3/p+1. The fourth-order valence-corrected chi connectivity index (χ4v) is 5.01. The van der Waals surface area contributed by atoms with Crippen molar-refractivity contribution in [2.24, 2.45) is 0 Å². The van der Waals surface area contributed by atoms with Gasteiger partial charge in [0.2, 0.25) is 5.69 Å². The second-order valence-electron chi connectivity index (χ2n) is 8.89. The van der Waals surface area contributed by atoms with E-state index in [9.17, 15) is 13.2 Å². The molecule has 7 heteroatoms. The van der Waals surface area contributed by atoms with Crippen LogP contribution in [0.25, 0.3) is 17.0 Å². The Morgan fingerprint density at radius 3 is 2.62 bits per heavy atom. The van der Waals surface area contributed by atoms with E-state index in [0.29, 0.717) is 36.1 Å². The second kappa shape index (κ2) is 9.05. The van der Waals surface area contributed by atoms with Crippen LogP contribution in [0.3, 0.4) is 0 Å². The summed E-state index contributed by atoms with van der Waals surface area (Å²) in [6, 6.07) is 15.2. The highest BCUT2D eigenvalue weighted by Gasteiger charge is 2.43. The summed E-state index contributed by atoms with van der Waals surface area (Å²) in [6.45, 7) is 4.82. The minimum Gasteiger partial charge on any atom is -0.422 e. The predicted molar refractivity (Wildman–Crippen MR) is 134 cm³/mol. The predicted octanol–water partition coefficient (Wildman–Crippen LogP) is 4.53. The van der Waals surface area contributed by atoms with E-state index in [1.54, 1.807) is 24.3 Å². The van der Waals surface area contributed by atoms with Crippen molar-refractivity contribution in [1.82, 2.24) is 0 Å². The minimum atomic E-state index is -3.99. The van der Waals surface area contributed by atoms with Crippen molar-refractivity contribution in [2.45, 2.75) is 32.1 Å². The zero-order valence-corrected chi connectivity index (χ0v) is 19.9. The van der Waals surface area contributed by atoms with Crippen LogP contribution in [0.4, 0.5) is 5.69 Å². The van der Waals surface area contributed by atoms with Crippen molar-refractivity contribution in [2.75, 3.05) is 12.3 Å². The maximum absolute atomic E-state index is 12.6. The van der Waals surface area contributed by atoms with Gasteiger partial charge in [-0.05, 0) is 50.6 Å². The van der Waals surface area contributed by atoms with E-state index in [2.05, 4.69) is 30.4 Å². The van der Waals surface area contributed by atoms with E-state index < -0.39 is 15.7 Å². The van der Waals surface area contributed by atoms with Crippen LogP contribution in [0.5, 0.6) is 0 Å². The van der Waals surface area contributed by atoms with Crippen LogP contribution in [0.2, 0.25) is 0 Å². The molecule has 0 radical (unpaired) electrons. The summed E-state index contributed by atoms with van der Waals surface area (Å²) >= 11 is 0. The Morgan fingerprint density at radius 1 is 1.12 bits per heavy atom. The summed E-state index contributed by atoms with van der Waals surface area (Å²) in [7, 11) is -3.99. The molecule has 174 valence electrons. The molecule has 0 saturated heterocycles. The van der Waals surface area contributed by atoms with Gasteiger partial charge >= 0.3 is 5.63 Å². The van der Waals surface area contributed by atoms with Crippen molar-refractivity contribution >= 4 is 38.6 Å². The number of hydrogen-bond donors (Lipinski definition) is 1. The van der Waals surface area contributed by atoms with Gasteiger partial charge in [0.25, 0.3) is 10.1 Å². The summed E-state index contributed by atoms with van der Waals surface area (Å²) in [5.41, 5.74) is 3.92. The maximum Gasteiger partial charge on any atom is 0.343 e. The average Bonchev–Trinajstić information content (AvgIpc) is 3.00. The molecule has 1 aliphatic rings. The molecular weight excluding hydrogens is 450 g/mol. The summed E-state index contributed by atoms with van der Waals surface area (Å²) < 4.78 is 38.9. The van der Waals surface area contributed by atoms with Gasteiger partial charge in [0.1, 0.15) is 12.1 Å². The lowest BCUT2D eigenvalue weighted by Gasteiger charge is -2.15. The lowest BCUT2D eigenvalue weighted by atomic mass is 9.81. The van der Waals surface area contributed by atoms with Gasteiger partial charge in [-0.1, -0.05) is 24.1 Å². The summed E-state index contributed by atoms with van der Waals surface area (Å²) in [6.07, 6.45) is 10.1. The summed E-state index contributed by atoms with van der Waals surface area (Å²) in [4.78, 5) is 12.6. The van der Waals surface area contributed by atoms with E-state index >= 15 is 0 Å². The number of fused-ring (bicyclic) bond motifs is 2. The molecule has 1 aromatic heterocycles. The topological polar surface area (TPSA) is 87.6 Å². The quantitative estimate of drug-likeness (QED) is 0.178. The number of benzene rings is 2. The Morgan fingerprint density at radius 2 is 1.88 bits per heavy atom. The van der Waals surface area contributed by atoms with E-state index in [4.69, 9.17) is 15.4 Å². The number of allylic oxidation sites excluding steroid dienone is 1. The fraction of sp³-hybridized carbons (Fsp3) is 0.259. The third-order valence-corrected chi connectivity index (χ3v) is 6.99. The molecule has 0 bridgehead atoms. The largest absolute Gasteiger partial charge is 0.422 e. The van der Waals surface area contributed by atoms with Gasteiger partial charge < -0.3 is 4.42 Å². The molecule has 3 aromatic rings. The van der Waals surface area contributed by atoms with Gasteiger partial charge in [-0.15, -0.1) is 6.42 Å². The van der Waals surface area contributed by atoms with E-state index in [1.807, 2.05) is 30.3 Å². The first-order chi connectivity index (χ1) is 16.1. The van der Waals surface area contributed by atoms with Crippen molar-refractivity contribution in [3.63, 3.8) is 0 Å². The molecule has 1 aliphatic heterocycles. The molecule has 1 N–H and O–H groups in total. The third kappa shape index (κ3) is 4.74. The Bertz CT molecular complexity index is 1540. The van der Waals surface area contributed by atoms with Crippen molar-refractivity contribution in [3.8, 4) is 12.3 Å². The highest BCUT2D eigenvalue weighted by atomic mass is 32.2. The third-order valence-electron chi connectivity index (χ3n) is 6.18. The van der Waals surface area contributed by atoms with Gasteiger partial charge in [-0.3, -0.25) is 4.55 Å². The number of hydrogen-bond acceptors (Lipinski definition) is 4. The molecule has 4 rings (SSSR count). The second-order valence-corrected chi connectivity index (χ2v) is 10.5. The number of terminal acetylenes is 1. The van der Waals surface area contributed by atoms with Gasteiger partial charge in [0.15, 0.2) is 5.71 Å². The maximum atomic E-state index is 12.6. The van der Waals surface area contributed by atoms with E-state index in [0.717, 1.165) is 22.3 Å². The molecule has 34 heavy (non-hydrogen) atoms. The molecule has 0 spiro atoms. The molecule has 0 atom stereocenters. The average molecular weight is 477 g/mol. The number of nitrogens with zero attached hydrogens (tertiary/aromatic N) is 1. The van der Waals surface area contributed by atoms with Crippen molar-refractivity contribution in [1.29, 1.82) is 0 Å². The molecule has 0 aliphatic carbocycles. The Kier molecular flexibility index (Phi) is 6.30. The van der Waals surface area contributed by atoms with Crippen LogP contribution in [0.15, 0.2) is 63.8 Å². The Hall–Kier alpha value is -3.47. The zero-order valence-electron chi connectivity index (χ0n) is 19.1. The molecule has 2 heterocycles. The Balaban J connectivity index is 1.71. The van der Waals surface area contributed by atoms with Crippen LogP contribution in [0, 0.1) is 12.3 Å². The van der Waals surface area contributed by atoms with Crippen LogP contribution in [-0.4, -0.2) is 35.6 Å². The van der Waals surface area contributed by atoms with Crippen LogP contribution in [0.1, 0.15) is 43.4 Å². The van der Waals surface area contributed by atoms with E-state index in [1.165, 1.54) is 0 Å². The highest BCUT2D eigenvalue weighted by molar-refractivity contribution is 7.85.